The van der Waals surface area contributed by atoms with Gasteiger partial charge in [-0.25, -0.2) is 8.78 Å². The molecule has 3 unspecified atom stereocenters. The zero-order valence-electron chi connectivity index (χ0n) is 12.4. The van der Waals surface area contributed by atoms with Gasteiger partial charge in [0.15, 0.2) is 11.5 Å². The van der Waals surface area contributed by atoms with E-state index in [0.29, 0.717) is 21.7 Å². The minimum atomic E-state index is -1.37. The third kappa shape index (κ3) is 4.96. The largest absolute Gasteiger partial charge is 0.493 e. The lowest BCUT2D eigenvalue weighted by atomic mass is 10.0. The molecule has 1 rings (SSSR count). The Morgan fingerprint density at radius 2 is 1.73 bits per heavy atom. The van der Waals surface area contributed by atoms with E-state index in [2.05, 4.69) is 21.2 Å². The van der Waals surface area contributed by atoms with Crippen LogP contribution in [0.3, 0.4) is 0 Å². The summed E-state index contributed by atoms with van der Waals surface area (Å²) in [6.07, 6.45) is -2.79. The molecule has 0 aliphatic rings. The summed E-state index contributed by atoms with van der Waals surface area (Å²) >= 11 is 3.32. The van der Waals surface area contributed by atoms with Crippen molar-refractivity contribution in [1.29, 1.82) is 0 Å². The molecule has 0 fully saturated rings. The second-order valence-electron chi connectivity index (χ2n) is 4.70. The summed E-state index contributed by atoms with van der Waals surface area (Å²) in [6, 6.07) is 2.39. The molecule has 1 aromatic rings. The first-order valence-electron chi connectivity index (χ1n) is 6.62. The molecular formula is C14H20BrF2NO4. The molecule has 5 nitrogen and oxygen atoms in total. The van der Waals surface area contributed by atoms with Crippen LogP contribution in [0.5, 0.6) is 11.5 Å². The normalized spacial score (nSPS) is 15.0. The molecule has 3 N–H and O–H groups in total. The van der Waals surface area contributed by atoms with Crippen molar-refractivity contribution in [1.82, 2.24) is 0 Å². The second kappa shape index (κ2) is 9.12. The number of rotatable bonds is 9. The monoisotopic (exact) mass is 383 g/mol. The predicted molar refractivity (Wildman–Crippen MR) is 83.2 cm³/mol. The summed E-state index contributed by atoms with van der Waals surface area (Å²) in [5.41, 5.74) is 0.501. The number of aliphatic hydroxyl groups excluding tert-OH is 2. The van der Waals surface area contributed by atoms with Gasteiger partial charge >= 0.3 is 0 Å². The summed E-state index contributed by atoms with van der Waals surface area (Å²) < 4.78 is 36.1. The van der Waals surface area contributed by atoms with E-state index in [1.807, 2.05) is 0 Å². The van der Waals surface area contributed by atoms with Gasteiger partial charge in [-0.2, -0.15) is 0 Å². The SMILES string of the molecule is COc1cc(Br)c(NC(CC(O)CF)C(O)CF)cc1OC. The van der Waals surface area contributed by atoms with Gasteiger partial charge in [0, 0.05) is 16.6 Å². The molecule has 0 aromatic heterocycles. The molecule has 0 amide bonds. The zero-order chi connectivity index (χ0) is 16.7. The number of alkyl halides is 2. The Kier molecular flexibility index (Phi) is 7.84. The van der Waals surface area contributed by atoms with Gasteiger partial charge in [0.05, 0.1) is 32.1 Å². The number of benzene rings is 1. The van der Waals surface area contributed by atoms with Crippen molar-refractivity contribution >= 4 is 21.6 Å². The third-order valence-corrected chi connectivity index (χ3v) is 3.80. The van der Waals surface area contributed by atoms with Crippen LogP contribution in [0.1, 0.15) is 6.42 Å². The van der Waals surface area contributed by atoms with Gasteiger partial charge in [0.25, 0.3) is 0 Å². The maximum absolute atomic E-state index is 12.7. The van der Waals surface area contributed by atoms with Crippen LogP contribution in [-0.4, -0.2) is 56.0 Å². The number of halogens is 3. The summed E-state index contributed by atoms with van der Waals surface area (Å²) in [6.45, 7) is -1.98. The Balaban J connectivity index is 3.01. The van der Waals surface area contributed by atoms with Crippen molar-refractivity contribution in [3.05, 3.63) is 16.6 Å². The highest BCUT2D eigenvalue weighted by molar-refractivity contribution is 9.10. The van der Waals surface area contributed by atoms with Gasteiger partial charge in [-0.1, -0.05) is 0 Å². The van der Waals surface area contributed by atoms with E-state index in [1.54, 1.807) is 12.1 Å². The number of hydrogen-bond acceptors (Lipinski definition) is 5. The topological polar surface area (TPSA) is 71.0 Å². The van der Waals surface area contributed by atoms with Gasteiger partial charge in [-0.05, 0) is 22.4 Å². The lowest BCUT2D eigenvalue weighted by molar-refractivity contribution is 0.0744. The van der Waals surface area contributed by atoms with E-state index in [1.165, 1.54) is 14.2 Å². The minimum Gasteiger partial charge on any atom is -0.493 e. The number of aliphatic hydroxyl groups is 2. The lowest BCUT2D eigenvalue weighted by Gasteiger charge is -2.26. The number of anilines is 1. The third-order valence-electron chi connectivity index (χ3n) is 3.14. The Hall–Kier alpha value is -1.12. The summed E-state index contributed by atoms with van der Waals surface area (Å²) in [4.78, 5) is 0. The molecule has 1 aromatic carbocycles. The molecule has 0 aliphatic carbocycles. The van der Waals surface area contributed by atoms with Crippen molar-refractivity contribution < 1.29 is 28.5 Å². The van der Waals surface area contributed by atoms with Crippen molar-refractivity contribution in [3.63, 3.8) is 0 Å². The van der Waals surface area contributed by atoms with Crippen LogP contribution in [0.4, 0.5) is 14.5 Å². The second-order valence-corrected chi connectivity index (χ2v) is 5.56. The maximum Gasteiger partial charge on any atom is 0.162 e. The van der Waals surface area contributed by atoms with Gasteiger partial charge in [-0.3, -0.25) is 0 Å². The van der Waals surface area contributed by atoms with E-state index >= 15 is 0 Å². The number of nitrogens with one attached hydrogen (secondary N) is 1. The molecule has 0 saturated carbocycles. The summed E-state index contributed by atoms with van der Waals surface area (Å²) in [5, 5.41) is 22.0. The smallest absolute Gasteiger partial charge is 0.162 e. The Morgan fingerprint density at radius 1 is 1.14 bits per heavy atom. The molecule has 0 aliphatic heterocycles. The molecule has 22 heavy (non-hydrogen) atoms. The van der Waals surface area contributed by atoms with E-state index in [-0.39, 0.29) is 6.42 Å². The number of methoxy groups -OCH3 is 2. The Labute approximate surface area is 136 Å². The van der Waals surface area contributed by atoms with Crippen LogP contribution in [0.15, 0.2) is 16.6 Å². The van der Waals surface area contributed by atoms with Gasteiger partial charge in [0.2, 0.25) is 0 Å². The molecule has 8 heteroatoms. The lowest BCUT2D eigenvalue weighted by Crippen LogP contribution is -2.38. The van der Waals surface area contributed by atoms with Crippen LogP contribution in [-0.2, 0) is 0 Å². The molecule has 0 saturated heterocycles. The molecule has 0 spiro atoms. The van der Waals surface area contributed by atoms with Crippen LogP contribution < -0.4 is 14.8 Å². The highest BCUT2D eigenvalue weighted by atomic mass is 79.9. The molecular weight excluding hydrogens is 364 g/mol. The average Bonchev–Trinajstić information content (AvgIpc) is 2.54. The van der Waals surface area contributed by atoms with Crippen molar-refractivity contribution in [3.8, 4) is 11.5 Å². The van der Waals surface area contributed by atoms with Gasteiger partial charge in [0.1, 0.15) is 19.5 Å². The fraction of sp³-hybridized carbons (Fsp3) is 0.571. The summed E-state index contributed by atoms with van der Waals surface area (Å²) in [7, 11) is 2.96. The summed E-state index contributed by atoms with van der Waals surface area (Å²) in [5.74, 6) is 0.930. The molecule has 3 atom stereocenters. The van der Waals surface area contributed by atoms with Crippen LogP contribution >= 0.6 is 15.9 Å². The van der Waals surface area contributed by atoms with E-state index in [9.17, 15) is 19.0 Å². The highest BCUT2D eigenvalue weighted by Crippen LogP contribution is 2.36. The predicted octanol–water partition coefficient (Wildman–Crippen LogP) is 2.30. The van der Waals surface area contributed by atoms with E-state index in [0.717, 1.165) is 0 Å². The fourth-order valence-electron chi connectivity index (χ4n) is 1.94. The standard InChI is InChI=1S/C14H20BrF2NO4/c1-21-13-4-9(15)10(5-14(13)22-2)18-11(12(20)7-17)3-8(19)6-16/h4-5,8,11-12,18-20H,3,6-7H2,1-2H3. The molecule has 0 radical (unpaired) electrons. The number of ether oxygens (including phenoxy) is 2. The van der Waals surface area contributed by atoms with E-state index in [4.69, 9.17) is 9.47 Å². The van der Waals surface area contributed by atoms with E-state index < -0.39 is 31.6 Å². The van der Waals surface area contributed by atoms with Crippen LogP contribution in [0.25, 0.3) is 0 Å². The first-order chi connectivity index (χ1) is 10.5. The van der Waals surface area contributed by atoms with Crippen molar-refractivity contribution in [2.24, 2.45) is 0 Å². The van der Waals surface area contributed by atoms with Gasteiger partial charge < -0.3 is 25.0 Å². The first kappa shape index (κ1) is 18.9. The average molecular weight is 384 g/mol. The van der Waals surface area contributed by atoms with Crippen molar-refractivity contribution in [2.75, 3.05) is 32.9 Å². The van der Waals surface area contributed by atoms with Crippen molar-refractivity contribution in [2.45, 2.75) is 24.7 Å². The maximum atomic E-state index is 12.7. The van der Waals surface area contributed by atoms with Crippen LogP contribution in [0.2, 0.25) is 0 Å². The van der Waals surface area contributed by atoms with Gasteiger partial charge in [-0.15, -0.1) is 0 Å². The Bertz CT molecular complexity index is 478. The molecule has 126 valence electrons. The Morgan fingerprint density at radius 3 is 2.23 bits per heavy atom. The highest BCUT2D eigenvalue weighted by Gasteiger charge is 2.24. The first-order valence-corrected chi connectivity index (χ1v) is 7.42. The number of hydrogen-bond donors (Lipinski definition) is 3. The fourth-order valence-corrected chi connectivity index (χ4v) is 2.38. The molecule has 0 heterocycles. The quantitative estimate of drug-likeness (QED) is 0.610. The zero-order valence-corrected chi connectivity index (χ0v) is 13.9. The molecule has 0 bridgehead atoms. The van der Waals surface area contributed by atoms with Crippen LogP contribution in [0, 0.1) is 0 Å². The minimum absolute atomic E-state index is 0.137.